The molecular formula is C8H14N2O. The van der Waals surface area contributed by atoms with Crippen molar-refractivity contribution < 1.29 is 4.42 Å². The molecule has 0 atom stereocenters. The molecule has 0 unspecified atom stereocenters. The lowest BCUT2D eigenvalue weighted by atomic mass is 9.93. The average Bonchev–Trinajstić information content (AvgIpc) is 2.37. The Morgan fingerprint density at radius 1 is 1.64 bits per heavy atom. The lowest BCUT2D eigenvalue weighted by Gasteiger charge is -2.19. The van der Waals surface area contributed by atoms with Gasteiger partial charge in [0.25, 0.3) is 0 Å². The molecule has 3 nitrogen and oxygen atoms in total. The molecular weight excluding hydrogens is 140 g/mol. The summed E-state index contributed by atoms with van der Waals surface area (Å²) in [6.45, 7) is 5.05. The zero-order valence-corrected chi connectivity index (χ0v) is 7.22. The summed E-state index contributed by atoms with van der Waals surface area (Å²) < 4.78 is 5.20. The highest BCUT2D eigenvalue weighted by molar-refractivity contribution is 5.00. The Morgan fingerprint density at radius 2 is 2.36 bits per heavy atom. The normalized spacial score (nSPS) is 11.9. The quantitative estimate of drug-likeness (QED) is 0.710. The minimum absolute atomic E-state index is 0.0156. The summed E-state index contributed by atoms with van der Waals surface area (Å²) in [5.74, 6) is 0.784. The number of nitrogens with one attached hydrogen (secondary N) is 1. The summed E-state index contributed by atoms with van der Waals surface area (Å²) in [6, 6.07) is 0. The van der Waals surface area contributed by atoms with Crippen LogP contribution in [0.3, 0.4) is 0 Å². The van der Waals surface area contributed by atoms with E-state index in [4.69, 9.17) is 4.42 Å². The van der Waals surface area contributed by atoms with E-state index in [1.165, 1.54) is 0 Å². The molecule has 1 aromatic heterocycles. The Morgan fingerprint density at radius 3 is 2.82 bits per heavy atom. The number of hydrogen-bond donors (Lipinski definition) is 1. The largest absolute Gasteiger partial charge is 0.448 e. The standard InChI is InChI=1S/C8H14N2O/c1-8(2,6-9-3)7-10-4-5-11-7/h4-5,9H,6H2,1-3H3. The maximum atomic E-state index is 5.20. The maximum absolute atomic E-state index is 5.20. The summed E-state index contributed by atoms with van der Waals surface area (Å²) in [6.07, 6.45) is 3.28. The summed E-state index contributed by atoms with van der Waals surface area (Å²) in [5, 5.41) is 3.10. The van der Waals surface area contributed by atoms with Gasteiger partial charge in [-0.25, -0.2) is 4.98 Å². The van der Waals surface area contributed by atoms with E-state index < -0.39 is 0 Å². The Bertz CT molecular complexity index is 204. The third kappa shape index (κ3) is 1.80. The van der Waals surface area contributed by atoms with Crippen LogP contribution >= 0.6 is 0 Å². The van der Waals surface area contributed by atoms with Crippen molar-refractivity contribution in [3.63, 3.8) is 0 Å². The number of likely N-dealkylation sites (N-methyl/N-ethyl adjacent to an activating group) is 1. The van der Waals surface area contributed by atoms with Crippen molar-refractivity contribution in [2.45, 2.75) is 19.3 Å². The maximum Gasteiger partial charge on any atom is 0.200 e. The van der Waals surface area contributed by atoms with Gasteiger partial charge in [0.2, 0.25) is 5.89 Å². The first kappa shape index (κ1) is 8.27. The highest BCUT2D eigenvalue weighted by Gasteiger charge is 2.23. The minimum Gasteiger partial charge on any atom is -0.448 e. The van der Waals surface area contributed by atoms with Crippen LogP contribution in [0, 0.1) is 0 Å². The lowest BCUT2D eigenvalue weighted by molar-refractivity contribution is 0.360. The summed E-state index contributed by atoms with van der Waals surface area (Å²) in [4.78, 5) is 4.10. The van der Waals surface area contributed by atoms with Gasteiger partial charge in [-0.15, -0.1) is 0 Å². The molecule has 1 rings (SSSR count). The van der Waals surface area contributed by atoms with E-state index in [1.807, 2.05) is 7.05 Å². The monoisotopic (exact) mass is 154 g/mol. The molecule has 11 heavy (non-hydrogen) atoms. The lowest BCUT2D eigenvalue weighted by Crippen LogP contribution is -2.30. The van der Waals surface area contributed by atoms with Crippen molar-refractivity contribution >= 4 is 0 Å². The highest BCUT2D eigenvalue weighted by Crippen LogP contribution is 2.19. The van der Waals surface area contributed by atoms with Crippen LogP contribution in [0.1, 0.15) is 19.7 Å². The molecule has 1 heterocycles. The fraction of sp³-hybridized carbons (Fsp3) is 0.625. The Kier molecular flexibility index (Phi) is 2.29. The second-order valence-corrected chi connectivity index (χ2v) is 3.25. The van der Waals surface area contributed by atoms with Crippen molar-refractivity contribution in [3.05, 3.63) is 18.4 Å². The van der Waals surface area contributed by atoms with E-state index in [0.717, 1.165) is 12.4 Å². The Hall–Kier alpha value is -0.830. The molecule has 0 radical (unpaired) electrons. The molecule has 0 aliphatic carbocycles. The zero-order chi connectivity index (χ0) is 8.32. The van der Waals surface area contributed by atoms with Gasteiger partial charge in [-0.2, -0.15) is 0 Å². The first-order chi connectivity index (χ1) is 5.17. The predicted molar refractivity (Wildman–Crippen MR) is 43.5 cm³/mol. The molecule has 62 valence electrons. The molecule has 0 fully saturated rings. The predicted octanol–water partition coefficient (Wildman–Crippen LogP) is 1.17. The van der Waals surface area contributed by atoms with Gasteiger partial charge >= 0.3 is 0 Å². The Balaban J connectivity index is 2.73. The summed E-state index contributed by atoms with van der Waals surface area (Å²) in [7, 11) is 1.92. The van der Waals surface area contributed by atoms with E-state index in [0.29, 0.717) is 0 Å². The van der Waals surface area contributed by atoms with Crippen LogP contribution < -0.4 is 5.32 Å². The van der Waals surface area contributed by atoms with Gasteiger partial charge in [0, 0.05) is 6.54 Å². The van der Waals surface area contributed by atoms with Gasteiger partial charge in [0.1, 0.15) is 6.26 Å². The molecule has 0 amide bonds. The van der Waals surface area contributed by atoms with Crippen molar-refractivity contribution in [2.24, 2.45) is 0 Å². The summed E-state index contributed by atoms with van der Waals surface area (Å²) >= 11 is 0. The average molecular weight is 154 g/mol. The van der Waals surface area contributed by atoms with Crippen molar-refractivity contribution in [3.8, 4) is 0 Å². The van der Waals surface area contributed by atoms with Crippen LogP contribution in [-0.2, 0) is 5.41 Å². The van der Waals surface area contributed by atoms with Gasteiger partial charge in [0.15, 0.2) is 0 Å². The highest BCUT2D eigenvalue weighted by atomic mass is 16.3. The molecule has 0 bridgehead atoms. The van der Waals surface area contributed by atoms with Crippen molar-refractivity contribution in [1.29, 1.82) is 0 Å². The van der Waals surface area contributed by atoms with Crippen LogP contribution in [0.2, 0.25) is 0 Å². The van der Waals surface area contributed by atoms with Gasteiger partial charge < -0.3 is 9.73 Å². The molecule has 1 aromatic rings. The summed E-state index contributed by atoms with van der Waals surface area (Å²) in [5.41, 5.74) is -0.0156. The molecule has 1 N–H and O–H groups in total. The second-order valence-electron chi connectivity index (χ2n) is 3.25. The molecule has 0 saturated carbocycles. The van der Waals surface area contributed by atoms with Crippen LogP contribution in [0.4, 0.5) is 0 Å². The number of oxazole rings is 1. The number of hydrogen-bond acceptors (Lipinski definition) is 3. The zero-order valence-electron chi connectivity index (χ0n) is 7.22. The van der Waals surface area contributed by atoms with Crippen LogP contribution in [0.5, 0.6) is 0 Å². The van der Waals surface area contributed by atoms with E-state index in [2.05, 4.69) is 24.1 Å². The van der Waals surface area contributed by atoms with Crippen LogP contribution in [-0.4, -0.2) is 18.6 Å². The van der Waals surface area contributed by atoms with Gasteiger partial charge in [-0.1, -0.05) is 0 Å². The first-order valence-corrected chi connectivity index (χ1v) is 3.71. The molecule has 0 aliphatic rings. The number of nitrogens with zero attached hydrogens (tertiary/aromatic N) is 1. The van der Waals surface area contributed by atoms with Gasteiger partial charge in [-0.05, 0) is 20.9 Å². The third-order valence-electron chi connectivity index (χ3n) is 1.63. The topological polar surface area (TPSA) is 38.1 Å². The first-order valence-electron chi connectivity index (χ1n) is 3.71. The van der Waals surface area contributed by atoms with E-state index in [1.54, 1.807) is 12.5 Å². The molecule has 3 heteroatoms. The number of rotatable bonds is 3. The fourth-order valence-corrected chi connectivity index (χ4v) is 1.08. The smallest absolute Gasteiger partial charge is 0.200 e. The molecule has 0 spiro atoms. The fourth-order valence-electron chi connectivity index (χ4n) is 1.08. The third-order valence-corrected chi connectivity index (χ3v) is 1.63. The Labute approximate surface area is 66.8 Å². The van der Waals surface area contributed by atoms with E-state index in [-0.39, 0.29) is 5.41 Å². The second kappa shape index (κ2) is 3.05. The molecule has 0 aromatic carbocycles. The van der Waals surface area contributed by atoms with E-state index in [9.17, 15) is 0 Å². The van der Waals surface area contributed by atoms with Crippen LogP contribution in [0.15, 0.2) is 16.9 Å². The van der Waals surface area contributed by atoms with Crippen molar-refractivity contribution in [1.82, 2.24) is 10.3 Å². The van der Waals surface area contributed by atoms with Crippen molar-refractivity contribution in [2.75, 3.05) is 13.6 Å². The van der Waals surface area contributed by atoms with Crippen LogP contribution in [0.25, 0.3) is 0 Å². The molecule has 0 saturated heterocycles. The SMILES string of the molecule is CNCC(C)(C)c1ncco1. The van der Waals surface area contributed by atoms with Gasteiger partial charge in [-0.3, -0.25) is 0 Å². The minimum atomic E-state index is -0.0156. The number of aromatic nitrogens is 1. The van der Waals surface area contributed by atoms with E-state index >= 15 is 0 Å². The molecule has 0 aliphatic heterocycles. The van der Waals surface area contributed by atoms with Gasteiger partial charge in [0.05, 0.1) is 11.6 Å².